The summed E-state index contributed by atoms with van der Waals surface area (Å²) >= 11 is 0. The highest BCUT2D eigenvalue weighted by molar-refractivity contribution is 6.06. The van der Waals surface area contributed by atoms with Gasteiger partial charge in [-0.25, -0.2) is 5.43 Å². The third-order valence-electron chi connectivity index (χ3n) is 3.42. The van der Waals surface area contributed by atoms with Crippen molar-refractivity contribution in [1.82, 2.24) is 10.4 Å². The zero-order chi connectivity index (χ0) is 16.1. The molecule has 0 atom stereocenters. The summed E-state index contributed by atoms with van der Waals surface area (Å²) in [5, 5.41) is 4.90. The fourth-order valence-corrected chi connectivity index (χ4v) is 2.35. The van der Waals surface area contributed by atoms with Gasteiger partial charge in [0.25, 0.3) is 5.91 Å². The summed E-state index contributed by atoms with van der Waals surface area (Å²) in [5.41, 5.74) is 4.85. The van der Waals surface area contributed by atoms with Gasteiger partial charge in [-0.2, -0.15) is 5.10 Å². The molecule has 0 saturated heterocycles. The normalized spacial score (nSPS) is 11.0. The largest absolute Gasteiger partial charge is 0.493 e. The fraction of sp³-hybridized carbons (Fsp3) is 0.111. The molecule has 3 rings (SSSR count). The lowest BCUT2D eigenvalue weighted by Gasteiger charge is -2.05. The number of benzene rings is 2. The molecule has 23 heavy (non-hydrogen) atoms. The standard InChI is InChI=1S/C18H17N3O2/c1-2-23-17-10-6-3-7-13(17)11-20-21-18(22)15-12-19-16-9-5-4-8-14(15)16/h3-12,19H,2H2,1H3,(H,21,22). The summed E-state index contributed by atoms with van der Waals surface area (Å²) in [6, 6.07) is 15.2. The van der Waals surface area contributed by atoms with Crippen LogP contribution in [0, 0.1) is 0 Å². The number of amides is 1. The topological polar surface area (TPSA) is 66.5 Å². The molecule has 0 aliphatic carbocycles. The molecule has 2 N–H and O–H groups in total. The van der Waals surface area contributed by atoms with Crippen LogP contribution in [0.3, 0.4) is 0 Å². The molecule has 0 spiro atoms. The molecule has 116 valence electrons. The molecule has 1 aromatic heterocycles. The minimum absolute atomic E-state index is 0.257. The van der Waals surface area contributed by atoms with E-state index in [0.29, 0.717) is 12.2 Å². The van der Waals surface area contributed by atoms with Crippen molar-refractivity contribution in [2.75, 3.05) is 6.61 Å². The molecule has 0 radical (unpaired) electrons. The SMILES string of the molecule is CCOc1ccccc1C=NNC(=O)c1c[nH]c2ccccc12. The van der Waals surface area contributed by atoms with Crippen LogP contribution in [0.1, 0.15) is 22.8 Å². The molecular formula is C18H17N3O2. The number of nitrogens with zero attached hydrogens (tertiary/aromatic N) is 1. The minimum Gasteiger partial charge on any atom is -0.493 e. The molecule has 5 heteroatoms. The van der Waals surface area contributed by atoms with Gasteiger partial charge in [-0.05, 0) is 25.1 Å². The van der Waals surface area contributed by atoms with E-state index in [0.717, 1.165) is 22.2 Å². The maximum Gasteiger partial charge on any atom is 0.273 e. The van der Waals surface area contributed by atoms with E-state index in [9.17, 15) is 4.79 Å². The zero-order valence-corrected chi connectivity index (χ0v) is 12.7. The van der Waals surface area contributed by atoms with Crippen molar-refractivity contribution in [2.45, 2.75) is 6.92 Å². The maximum atomic E-state index is 12.2. The van der Waals surface area contributed by atoms with Crippen LogP contribution >= 0.6 is 0 Å². The summed E-state index contributed by atoms with van der Waals surface area (Å²) < 4.78 is 5.52. The number of hydrogen-bond acceptors (Lipinski definition) is 3. The number of carbonyl (C=O) groups is 1. The molecule has 1 amide bonds. The van der Waals surface area contributed by atoms with E-state index in [2.05, 4.69) is 15.5 Å². The Balaban J connectivity index is 1.74. The fourth-order valence-electron chi connectivity index (χ4n) is 2.35. The highest BCUT2D eigenvalue weighted by atomic mass is 16.5. The first-order chi connectivity index (χ1) is 11.3. The quantitative estimate of drug-likeness (QED) is 0.561. The Bertz CT molecular complexity index is 852. The van der Waals surface area contributed by atoms with Crippen molar-refractivity contribution < 1.29 is 9.53 Å². The number of rotatable bonds is 5. The van der Waals surface area contributed by atoms with Gasteiger partial charge in [-0.1, -0.05) is 30.3 Å². The second-order valence-electron chi connectivity index (χ2n) is 4.92. The summed E-state index contributed by atoms with van der Waals surface area (Å²) in [7, 11) is 0. The van der Waals surface area contributed by atoms with Crippen LogP contribution in [0.25, 0.3) is 10.9 Å². The number of carbonyl (C=O) groups excluding carboxylic acids is 1. The van der Waals surface area contributed by atoms with E-state index < -0.39 is 0 Å². The second kappa shape index (κ2) is 6.79. The van der Waals surface area contributed by atoms with Crippen LogP contribution < -0.4 is 10.2 Å². The van der Waals surface area contributed by atoms with Crippen LogP contribution in [-0.2, 0) is 0 Å². The first kappa shape index (κ1) is 14.8. The number of aromatic nitrogens is 1. The molecule has 3 aromatic rings. The smallest absolute Gasteiger partial charge is 0.273 e. The molecule has 0 saturated carbocycles. The highest BCUT2D eigenvalue weighted by Gasteiger charge is 2.10. The summed E-state index contributed by atoms with van der Waals surface area (Å²) in [6.45, 7) is 2.50. The van der Waals surface area contributed by atoms with Crippen molar-refractivity contribution in [3.63, 3.8) is 0 Å². The summed E-state index contributed by atoms with van der Waals surface area (Å²) in [4.78, 5) is 15.3. The molecule has 0 bridgehead atoms. The van der Waals surface area contributed by atoms with Gasteiger partial charge in [0.2, 0.25) is 0 Å². The first-order valence-corrected chi connectivity index (χ1v) is 7.41. The predicted octanol–water partition coefficient (Wildman–Crippen LogP) is 3.33. The molecule has 0 unspecified atom stereocenters. The Morgan fingerprint density at radius 3 is 2.87 bits per heavy atom. The van der Waals surface area contributed by atoms with E-state index in [-0.39, 0.29) is 5.91 Å². The van der Waals surface area contributed by atoms with E-state index in [1.54, 1.807) is 12.4 Å². The third-order valence-corrected chi connectivity index (χ3v) is 3.42. The monoisotopic (exact) mass is 307 g/mol. The molecular weight excluding hydrogens is 290 g/mol. The number of hydrazone groups is 1. The Morgan fingerprint density at radius 2 is 2.00 bits per heavy atom. The van der Waals surface area contributed by atoms with Gasteiger partial charge in [-0.15, -0.1) is 0 Å². The van der Waals surface area contributed by atoms with Gasteiger partial charge >= 0.3 is 0 Å². The average molecular weight is 307 g/mol. The van der Waals surface area contributed by atoms with Gasteiger partial charge in [-0.3, -0.25) is 4.79 Å². The number of aromatic amines is 1. The molecule has 1 heterocycles. The van der Waals surface area contributed by atoms with Gasteiger partial charge in [0.15, 0.2) is 0 Å². The van der Waals surface area contributed by atoms with E-state index in [1.165, 1.54) is 0 Å². The molecule has 0 aliphatic rings. The van der Waals surface area contributed by atoms with E-state index in [4.69, 9.17) is 4.74 Å². The molecule has 5 nitrogen and oxygen atoms in total. The van der Waals surface area contributed by atoms with Crippen molar-refractivity contribution in [3.05, 3.63) is 65.9 Å². The van der Waals surface area contributed by atoms with Gasteiger partial charge < -0.3 is 9.72 Å². The van der Waals surface area contributed by atoms with Gasteiger partial charge in [0.05, 0.1) is 18.4 Å². The van der Waals surface area contributed by atoms with Crippen LogP contribution in [0.2, 0.25) is 0 Å². The lowest BCUT2D eigenvalue weighted by Crippen LogP contribution is -2.17. The minimum atomic E-state index is -0.257. The zero-order valence-electron chi connectivity index (χ0n) is 12.7. The predicted molar refractivity (Wildman–Crippen MR) is 91.0 cm³/mol. The number of nitrogens with one attached hydrogen (secondary N) is 2. The maximum absolute atomic E-state index is 12.2. The van der Waals surface area contributed by atoms with Crippen LogP contribution in [0.5, 0.6) is 5.75 Å². The van der Waals surface area contributed by atoms with Crippen LogP contribution in [0.4, 0.5) is 0 Å². The van der Waals surface area contributed by atoms with E-state index >= 15 is 0 Å². The van der Waals surface area contributed by atoms with Crippen molar-refractivity contribution in [3.8, 4) is 5.75 Å². The number of fused-ring (bicyclic) bond motifs is 1. The molecule has 2 aromatic carbocycles. The number of H-pyrrole nitrogens is 1. The Hall–Kier alpha value is -3.08. The van der Waals surface area contributed by atoms with Crippen LogP contribution in [0.15, 0.2) is 59.8 Å². The highest BCUT2D eigenvalue weighted by Crippen LogP contribution is 2.18. The second-order valence-corrected chi connectivity index (χ2v) is 4.92. The number of hydrogen-bond donors (Lipinski definition) is 2. The Morgan fingerprint density at radius 1 is 1.22 bits per heavy atom. The lowest BCUT2D eigenvalue weighted by molar-refractivity contribution is 0.0957. The van der Waals surface area contributed by atoms with Crippen molar-refractivity contribution in [1.29, 1.82) is 0 Å². The third kappa shape index (κ3) is 3.23. The van der Waals surface area contributed by atoms with E-state index in [1.807, 2.05) is 55.5 Å². The number of ether oxygens (including phenoxy) is 1. The lowest BCUT2D eigenvalue weighted by atomic mass is 10.2. The molecule has 0 fully saturated rings. The first-order valence-electron chi connectivity index (χ1n) is 7.41. The summed E-state index contributed by atoms with van der Waals surface area (Å²) in [5.74, 6) is 0.479. The van der Waals surface area contributed by atoms with Crippen molar-refractivity contribution in [2.24, 2.45) is 5.10 Å². The average Bonchev–Trinajstić information content (AvgIpc) is 3.01. The van der Waals surface area contributed by atoms with Crippen molar-refractivity contribution >= 4 is 23.0 Å². The van der Waals surface area contributed by atoms with Crippen LogP contribution in [-0.4, -0.2) is 23.7 Å². The summed E-state index contributed by atoms with van der Waals surface area (Å²) in [6.07, 6.45) is 3.27. The number of para-hydroxylation sites is 2. The van der Waals surface area contributed by atoms with Gasteiger partial charge in [0, 0.05) is 22.7 Å². The Kier molecular flexibility index (Phi) is 4.38. The van der Waals surface area contributed by atoms with Gasteiger partial charge in [0.1, 0.15) is 5.75 Å². The Labute approximate surface area is 134 Å². The molecule has 0 aliphatic heterocycles.